The first kappa shape index (κ1) is 15.8. The smallest absolute Gasteiger partial charge is 0.317 e. The number of urea groups is 1. The highest BCUT2D eigenvalue weighted by atomic mass is 19.1. The van der Waals surface area contributed by atoms with Gasteiger partial charge in [-0.3, -0.25) is 0 Å². The van der Waals surface area contributed by atoms with Gasteiger partial charge in [-0.25, -0.2) is 9.18 Å². The van der Waals surface area contributed by atoms with Crippen LogP contribution in [0.5, 0.6) is 0 Å². The molecule has 0 spiro atoms. The number of aliphatic hydroxyl groups excluding tert-OH is 1. The normalized spacial score (nSPS) is 17.6. The van der Waals surface area contributed by atoms with Gasteiger partial charge in [0.05, 0.1) is 6.10 Å². The minimum Gasteiger partial charge on any atom is -0.393 e. The van der Waals surface area contributed by atoms with E-state index in [0.29, 0.717) is 32.0 Å². The molecule has 0 bridgehead atoms. The highest BCUT2D eigenvalue weighted by Crippen LogP contribution is 2.20. The van der Waals surface area contributed by atoms with Gasteiger partial charge < -0.3 is 15.3 Å². The predicted molar refractivity (Wildman–Crippen MR) is 79.5 cm³/mol. The molecule has 0 aliphatic carbocycles. The van der Waals surface area contributed by atoms with Gasteiger partial charge in [0.25, 0.3) is 0 Å². The maximum atomic E-state index is 13.0. The van der Waals surface area contributed by atoms with E-state index >= 15 is 0 Å². The molecule has 1 heterocycles. The number of likely N-dealkylation sites (tertiary alicyclic amines) is 1. The van der Waals surface area contributed by atoms with E-state index < -0.39 is 0 Å². The number of carbonyl (C=O) groups excluding carboxylic acids is 1. The summed E-state index contributed by atoms with van der Waals surface area (Å²) in [4.78, 5) is 13.8. The van der Waals surface area contributed by atoms with Crippen molar-refractivity contribution < 1.29 is 14.3 Å². The molecule has 1 aromatic rings. The SMILES string of the molecule is CC(O)C1CCN(C(=O)NCCc2cccc(F)c2)CC1. The van der Waals surface area contributed by atoms with Crippen molar-refractivity contribution in [3.63, 3.8) is 0 Å². The zero-order chi connectivity index (χ0) is 15.2. The molecule has 21 heavy (non-hydrogen) atoms. The van der Waals surface area contributed by atoms with Crippen molar-refractivity contribution in [2.45, 2.75) is 32.3 Å². The third-order valence-electron chi connectivity index (χ3n) is 4.09. The minimum atomic E-state index is -0.303. The number of nitrogens with one attached hydrogen (secondary N) is 1. The lowest BCUT2D eigenvalue weighted by atomic mass is 9.92. The largest absolute Gasteiger partial charge is 0.393 e. The number of rotatable bonds is 4. The van der Waals surface area contributed by atoms with E-state index in [4.69, 9.17) is 0 Å². The Balaban J connectivity index is 1.71. The number of hydrogen-bond acceptors (Lipinski definition) is 2. The molecule has 1 fully saturated rings. The second-order valence-electron chi connectivity index (χ2n) is 5.68. The quantitative estimate of drug-likeness (QED) is 0.894. The van der Waals surface area contributed by atoms with E-state index in [1.807, 2.05) is 6.07 Å². The van der Waals surface area contributed by atoms with E-state index in [2.05, 4.69) is 5.32 Å². The highest BCUT2D eigenvalue weighted by molar-refractivity contribution is 5.74. The van der Waals surface area contributed by atoms with Crippen LogP contribution in [0.25, 0.3) is 0 Å². The van der Waals surface area contributed by atoms with Gasteiger partial charge in [0.2, 0.25) is 0 Å². The van der Waals surface area contributed by atoms with Crippen LogP contribution < -0.4 is 5.32 Å². The Morgan fingerprint density at radius 1 is 1.48 bits per heavy atom. The summed E-state index contributed by atoms with van der Waals surface area (Å²) in [7, 11) is 0. The van der Waals surface area contributed by atoms with Crippen molar-refractivity contribution in [2.75, 3.05) is 19.6 Å². The maximum absolute atomic E-state index is 13.0. The van der Waals surface area contributed by atoms with E-state index in [1.54, 1.807) is 17.9 Å². The Kier molecular flexibility index (Phi) is 5.56. The minimum absolute atomic E-state index is 0.0737. The Morgan fingerprint density at radius 2 is 2.19 bits per heavy atom. The molecule has 1 aliphatic heterocycles. The average Bonchev–Trinajstić information content (AvgIpc) is 2.47. The molecule has 1 aliphatic rings. The second kappa shape index (κ2) is 7.41. The van der Waals surface area contributed by atoms with Gasteiger partial charge in [0.1, 0.15) is 5.82 Å². The first-order chi connectivity index (χ1) is 10.1. The fourth-order valence-corrected chi connectivity index (χ4v) is 2.70. The van der Waals surface area contributed by atoms with Crippen molar-refractivity contribution in [3.8, 4) is 0 Å². The van der Waals surface area contributed by atoms with Crippen LogP contribution in [0.3, 0.4) is 0 Å². The summed E-state index contributed by atoms with van der Waals surface area (Å²) >= 11 is 0. The molecule has 116 valence electrons. The van der Waals surface area contributed by atoms with Crippen molar-refractivity contribution in [2.24, 2.45) is 5.92 Å². The lowest BCUT2D eigenvalue weighted by Gasteiger charge is -2.33. The molecular formula is C16H23FN2O2. The van der Waals surface area contributed by atoms with E-state index in [9.17, 15) is 14.3 Å². The van der Waals surface area contributed by atoms with Crippen LogP contribution in [0.15, 0.2) is 24.3 Å². The van der Waals surface area contributed by atoms with Crippen LogP contribution in [0.2, 0.25) is 0 Å². The van der Waals surface area contributed by atoms with Crippen molar-refractivity contribution >= 4 is 6.03 Å². The Morgan fingerprint density at radius 3 is 2.81 bits per heavy atom. The highest BCUT2D eigenvalue weighted by Gasteiger charge is 2.25. The molecule has 1 saturated heterocycles. The molecule has 2 N–H and O–H groups in total. The van der Waals surface area contributed by atoms with Crippen LogP contribution in [0.4, 0.5) is 9.18 Å². The number of benzene rings is 1. The third-order valence-corrected chi connectivity index (χ3v) is 4.09. The molecule has 0 radical (unpaired) electrons. The summed E-state index contributed by atoms with van der Waals surface area (Å²) in [6.07, 6.45) is 2.00. The van der Waals surface area contributed by atoms with E-state index in [-0.39, 0.29) is 18.0 Å². The molecule has 5 heteroatoms. The van der Waals surface area contributed by atoms with Crippen molar-refractivity contribution in [1.82, 2.24) is 10.2 Å². The summed E-state index contributed by atoms with van der Waals surface area (Å²) in [6.45, 7) is 3.67. The first-order valence-electron chi connectivity index (χ1n) is 7.51. The number of aliphatic hydroxyl groups is 1. The molecule has 0 saturated carbocycles. The number of carbonyl (C=O) groups is 1. The van der Waals surface area contributed by atoms with Gasteiger partial charge in [-0.05, 0) is 49.8 Å². The maximum Gasteiger partial charge on any atom is 0.317 e. The Bertz CT molecular complexity index is 471. The first-order valence-corrected chi connectivity index (χ1v) is 7.51. The van der Waals surface area contributed by atoms with Crippen LogP contribution in [0, 0.1) is 11.7 Å². The summed E-state index contributed by atoms with van der Waals surface area (Å²) < 4.78 is 13.0. The molecule has 2 rings (SSSR count). The lowest BCUT2D eigenvalue weighted by Crippen LogP contribution is -2.46. The van der Waals surface area contributed by atoms with Gasteiger partial charge in [-0.1, -0.05) is 12.1 Å². The van der Waals surface area contributed by atoms with Gasteiger partial charge in [0.15, 0.2) is 0 Å². The molecule has 4 nitrogen and oxygen atoms in total. The average molecular weight is 294 g/mol. The number of halogens is 1. The fraction of sp³-hybridized carbons (Fsp3) is 0.562. The standard InChI is InChI=1S/C16H23FN2O2/c1-12(20)14-6-9-19(10-7-14)16(21)18-8-5-13-3-2-4-15(17)11-13/h2-4,11-12,14,20H,5-10H2,1H3,(H,18,21). The Hall–Kier alpha value is -1.62. The van der Waals surface area contributed by atoms with Gasteiger partial charge in [-0.15, -0.1) is 0 Å². The van der Waals surface area contributed by atoms with Crippen molar-refractivity contribution in [3.05, 3.63) is 35.6 Å². The van der Waals surface area contributed by atoms with Crippen LogP contribution in [0.1, 0.15) is 25.3 Å². The molecule has 1 unspecified atom stereocenters. The molecular weight excluding hydrogens is 271 g/mol. The summed E-state index contributed by atoms with van der Waals surface area (Å²) in [5.74, 6) is 0.0420. The third kappa shape index (κ3) is 4.70. The summed E-state index contributed by atoms with van der Waals surface area (Å²) in [5, 5.41) is 12.4. The zero-order valence-corrected chi connectivity index (χ0v) is 12.4. The summed E-state index contributed by atoms with van der Waals surface area (Å²) in [5.41, 5.74) is 0.878. The second-order valence-corrected chi connectivity index (χ2v) is 5.68. The fourth-order valence-electron chi connectivity index (χ4n) is 2.70. The van der Waals surface area contributed by atoms with E-state index in [1.165, 1.54) is 12.1 Å². The monoisotopic (exact) mass is 294 g/mol. The Labute approximate surface area is 125 Å². The number of amides is 2. The van der Waals surface area contributed by atoms with Crippen LogP contribution in [-0.2, 0) is 6.42 Å². The topological polar surface area (TPSA) is 52.6 Å². The molecule has 1 atom stereocenters. The van der Waals surface area contributed by atoms with Gasteiger partial charge >= 0.3 is 6.03 Å². The molecule has 1 aromatic carbocycles. The number of hydrogen-bond donors (Lipinski definition) is 2. The summed E-state index contributed by atoms with van der Waals surface area (Å²) in [6, 6.07) is 6.35. The molecule has 0 aromatic heterocycles. The van der Waals surface area contributed by atoms with E-state index in [0.717, 1.165) is 18.4 Å². The zero-order valence-electron chi connectivity index (χ0n) is 12.4. The van der Waals surface area contributed by atoms with Crippen molar-refractivity contribution in [1.29, 1.82) is 0 Å². The number of piperidine rings is 1. The molecule has 2 amide bonds. The van der Waals surface area contributed by atoms with Gasteiger partial charge in [0, 0.05) is 19.6 Å². The lowest BCUT2D eigenvalue weighted by molar-refractivity contribution is 0.0799. The van der Waals surface area contributed by atoms with Crippen LogP contribution in [-0.4, -0.2) is 41.8 Å². The predicted octanol–water partition coefficient (Wildman–Crippen LogP) is 2.17. The number of nitrogens with zero attached hydrogens (tertiary/aromatic N) is 1. The van der Waals surface area contributed by atoms with Crippen LogP contribution >= 0.6 is 0 Å². The van der Waals surface area contributed by atoms with Gasteiger partial charge in [-0.2, -0.15) is 0 Å².